The van der Waals surface area contributed by atoms with Gasteiger partial charge in [0.2, 0.25) is 0 Å². The van der Waals surface area contributed by atoms with E-state index in [0.29, 0.717) is 6.61 Å². The van der Waals surface area contributed by atoms with Gasteiger partial charge in [0.15, 0.2) is 0 Å². The van der Waals surface area contributed by atoms with Crippen LogP contribution in [0.4, 0.5) is 0 Å². The second-order valence-corrected chi connectivity index (χ2v) is 4.08. The van der Waals surface area contributed by atoms with Gasteiger partial charge in [-0.05, 0) is 29.8 Å². The number of rotatable bonds is 5. The molecule has 2 aromatic rings. The summed E-state index contributed by atoms with van der Waals surface area (Å²) in [7, 11) is 1.35. The molecule has 0 aliphatic carbocycles. The summed E-state index contributed by atoms with van der Waals surface area (Å²) in [4.78, 5) is 15.1. The minimum absolute atomic E-state index is 0.383. The average Bonchev–Trinajstić information content (AvgIpc) is 2.52. The van der Waals surface area contributed by atoms with Crippen molar-refractivity contribution in [3.63, 3.8) is 0 Å². The normalized spacial score (nSPS) is 10.4. The van der Waals surface area contributed by atoms with Crippen LogP contribution in [0.15, 0.2) is 54.9 Å². The maximum absolute atomic E-state index is 11.0. The van der Waals surface area contributed by atoms with E-state index in [1.807, 2.05) is 36.4 Å². The Kier molecular flexibility index (Phi) is 4.89. The van der Waals surface area contributed by atoms with E-state index < -0.39 is 0 Å². The van der Waals surface area contributed by atoms with Crippen LogP contribution in [-0.4, -0.2) is 18.1 Å². The number of pyridine rings is 1. The first kappa shape index (κ1) is 13.8. The van der Waals surface area contributed by atoms with Crippen molar-refractivity contribution < 1.29 is 14.3 Å². The second-order valence-electron chi connectivity index (χ2n) is 4.08. The highest BCUT2D eigenvalue weighted by Gasteiger charge is 1.98. The Labute approximate surface area is 117 Å². The third-order valence-electron chi connectivity index (χ3n) is 2.60. The number of nitrogens with zero attached hydrogens (tertiary/aromatic N) is 1. The second kappa shape index (κ2) is 7.09. The summed E-state index contributed by atoms with van der Waals surface area (Å²) in [5.41, 5.74) is 1.88. The maximum atomic E-state index is 11.0. The van der Waals surface area contributed by atoms with E-state index in [1.54, 1.807) is 18.5 Å². The van der Waals surface area contributed by atoms with Crippen LogP contribution in [0.3, 0.4) is 0 Å². The van der Waals surface area contributed by atoms with Gasteiger partial charge in [0, 0.05) is 24.0 Å². The highest BCUT2D eigenvalue weighted by molar-refractivity contribution is 5.86. The van der Waals surface area contributed by atoms with Gasteiger partial charge in [-0.3, -0.25) is 4.98 Å². The van der Waals surface area contributed by atoms with Crippen LogP contribution in [0.1, 0.15) is 11.1 Å². The summed E-state index contributed by atoms with van der Waals surface area (Å²) >= 11 is 0. The highest BCUT2D eigenvalue weighted by Crippen LogP contribution is 2.16. The van der Waals surface area contributed by atoms with E-state index in [0.717, 1.165) is 16.9 Å². The topological polar surface area (TPSA) is 48.4 Å². The molecule has 0 saturated carbocycles. The molecule has 1 heterocycles. The molecule has 0 saturated heterocycles. The molecule has 0 atom stereocenters. The molecule has 1 aromatic heterocycles. The van der Waals surface area contributed by atoms with Crippen molar-refractivity contribution >= 4 is 12.0 Å². The molecule has 20 heavy (non-hydrogen) atoms. The number of carbonyl (C=O) groups excluding carboxylic acids is 1. The number of aromatic nitrogens is 1. The minimum atomic E-state index is -0.383. The molecule has 0 N–H and O–H groups in total. The van der Waals surface area contributed by atoms with Crippen molar-refractivity contribution in [3.8, 4) is 5.75 Å². The summed E-state index contributed by atoms with van der Waals surface area (Å²) < 4.78 is 10.2. The van der Waals surface area contributed by atoms with Crippen LogP contribution in [0.5, 0.6) is 5.75 Å². The van der Waals surface area contributed by atoms with Crippen molar-refractivity contribution in [2.75, 3.05) is 7.11 Å². The number of hydrogen-bond donors (Lipinski definition) is 0. The number of ether oxygens (including phenoxy) is 2. The van der Waals surface area contributed by atoms with E-state index in [2.05, 4.69) is 9.72 Å². The first-order chi connectivity index (χ1) is 9.78. The van der Waals surface area contributed by atoms with E-state index >= 15 is 0 Å². The zero-order valence-corrected chi connectivity index (χ0v) is 11.2. The van der Waals surface area contributed by atoms with E-state index in [-0.39, 0.29) is 5.97 Å². The molecule has 0 spiro atoms. The number of carbonyl (C=O) groups is 1. The Morgan fingerprint density at radius 1 is 1.30 bits per heavy atom. The number of benzene rings is 1. The first-order valence-corrected chi connectivity index (χ1v) is 6.16. The van der Waals surface area contributed by atoms with Crippen molar-refractivity contribution in [3.05, 3.63) is 66.0 Å². The van der Waals surface area contributed by atoms with Crippen molar-refractivity contribution in [2.45, 2.75) is 6.61 Å². The Balaban J connectivity index is 1.99. The lowest BCUT2D eigenvalue weighted by molar-refractivity contribution is -0.134. The lowest BCUT2D eigenvalue weighted by Crippen LogP contribution is -1.96. The van der Waals surface area contributed by atoms with Crippen molar-refractivity contribution in [2.24, 2.45) is 0 Å². The molecule has 4 heteroatoms. The third kappa shape index (κ3) is 4.24. The van der Waals surface area contributed by atoms with Crippen LogP contribution in [0.2, 0.25) is 0 Å². The molecule has 0 unspecified atom stereocenters. The van der Waals surface area contributed by atoms with Crippen LogP contribution in [0.25, 0.3) is 6.08 Å². The molecule has 102 valence electrons. The number of esters is 1. The van der Waals surface area contributed by atoms with Gasteiger partial charge in [0.05, 0.1) is 7.11 Å². The van der Waals surface area contributed by atoms with Gasteiger partial charge in [-0.2, -0.15) is 0 Å². The first-order valence-electron chi connectivity index (χ1n) is 6.16. The predicted octanol–water partition coefficient (Wildman–Crippen LogP) is 2.85. The Bertz CT molecular complexity index is 594. The molecule has 0 aliphatic rings. The molecule has 1 aromatic carbocycles. The van der Waals surface area contributed by atoms with Crippen molar-refractivity contribution in [1.29, 1.82) is 0 Å². The van der Waals surface area contributed by atoms with Crippen LogP contribution in [-0.2, 0) is 16.1 Å². The van der Waals surface area contributed by atoms with E-state index in [9.17, 15) is 4.79 Å². The molecule has 0 amide bonds. The fourth-order valence-electron chi connectivity index (χ4n) is 1.59. The van der Waals surface area contributed by atoms with Gasteiger partial charge in [0.25, 0.3) is 0 Å². The van der Waals surface area contributed by atoms with Gasteiger partial charge in [-0.15, -0.1) is 0 Å². The summed E-state index contributed by atoms with van der Waals surface area (Å²) in [6, 6.07) is 11.3. The molecule has 0 fully saturated rings. The van der Waals surface area contributed by atoms with Gasteiger partial charge >= 0.3 is 5.97 Å². The largest absolute Gasteiger partial charge is 0.489 e. The number of hydrogen-bond acceptors (Lipinski definition) is 4. The zero-order chi connectivity index (χ0) is 14.2. The molecular weight excluding hydrogens is 254 g/mol. The smallest absolute Gasteiger partial charge is 0.330 e. The Hall–Kier alpha value is -2.62. The molecule has 0 radical (unpaired) electrons. The van der Waals surface area contributed by atoms with Gasteiger partial charge in [-0.1, -0.05) is 18.2 Å². The van der Waals surface area contributed by atoms with E-state index in [4.69, 9.17) is 4.74 Å². The highest BCUT2D eigenvalue weighted by atomic mass is 16.5. The molecule has 0 aliphatic heterocycles. The summed E-state index contributed by atoms with van der Waals surface area (Å²) in [5, 5.41) is 0. The Morgan fingerprint density at radius 2 is 2.20 bits per heavy atom. The zero-order valence-electron chi connectivity index (χ0n) is 11.2. The fraction of sp³-hybridized carbons (Fsp3) is 0.125. The number of methoxy groups -OCH3 is 1. The molecular formula is C16H15NO3. The third-order valence-corrected chi connectivity index (χ3v) is 2.60. The van der Waals surface area contributed by atoms with Crippen LogP contribution < -0.4 is 4.74 Å². The SMILES string of the molecule is COC(=O)/C=C/c1cccc(OCc2cccnc2)c1. The predicted molar refractivity (Wildman–Crippen MR) is 76.1 cm³/mol. The minimum Gasteiger partial charge on any atom is -0.489 e. The van der Waals surface area contributed by atoms with E-state index in [1.165, 1.54) is 13.2 Å². The fourth-order valence-corrected chi connectivity index (χ4v) is 1.59. The quantitative estimate of drug-likeness (QED) is 0.618. The molecule has 0 bridgehead atoms. The van der Waals surface area contributed by atoms with Gasteiger partial charge < -0.3 is 9.47 Å². The Morgan fingerprint density at radius 3 is 2.95 bits per heavy atom. The van der Waals surface area contributed by atoms with Crippen LogP contribution in [0, 0.1) is 0 Å². The van der Waals surface area contributed by atoms with Crippen LogP contribution >= 0.6 is 0 Å². The maximum Gasteiger partial charge on any atom is 0.330 e. The average molecular weight is 269 g/mol. The summed E-state index contributed by atoms with van der Waals surface area (Å²) in [6.45, 7) is 0.456. The summed E-state index contributed by atoms with van der Waals surface area (Å²) in [6.07, 6.45) is 6.55. The monoisotopic (exact) mass is 269 g/mol. The van der Waals surface area contributed by atoms with Gasteiger partial charge in [-0.25, -0.2) is 4.79 Å². The lowest BCUT2D eigenvalue weighted by atomic mass is 10.2. The van der Waals surface area contributed by atoms with Crippen molar-refractivity contribution in [1.82, 2.24) is 4.98 Å². The lowest BCUT2D eigenvalue weighted by Gasteiger charge is -2.06. The molecule has 2 rings (SSSR count). The van der Waals surface area contributed by atoms with Gasteiger partial charge in [0.1, 0.15) is 12.4 Å². The summed E-state index contributed by atoms with van der Waals surface area (Å²) in [5.74, 6) is 0.354. The molecule has 4 nitrogen and oxygen atoms in total. The standard InChI is InChI=1S/C16H15NO3/c1-19-16(18)8-7-13-4-2-6-15(10-13)20-12-14-5-3-9-17-11-14/h2-11H,12H2,1H3/b8-7+.